The van der Waals surface area contributed by atoms with Gasteiger partial charge in [0.05, 0.1) is 0 Å². The van der Waals surface area contributed by atoms with Crippen LogP contribution >= 0.6 is 11.6 Å². The van der Waals surface area contributed by atoms with Crippen LogP contribution in [0.15, 0.2) is 0 Å². The zero-order valence-corrected chi connectivity index (χ0v) is 12.5. The molecule has 0 spiro atoms. The van der Waals surface area contributed by atoms with Gasteiger partial charge in [0.2, 0.25) is 0 Å². The van der Waals surface area contributed by atoms with Crippen molar-refractivity contribution >= 4 is 17.4 Å². The molecule has 0 saturated heterocycles. The van der Waals surface area contributed by atoms with E-state index in [2.05, 4.69) is 28.7 Å². The Kier molecular flexibility index (Phi) is 4.10. The van der Waals surface area contributed by atoms with E-state index in [1.165, 1.54) is 19.3 Å². The van der Waals surface area contributed by atoms with Gasteiger partial charge < -0.3 is 4.90 Å². The predicted molar refractivity (Wildman–Crippen MR) is 76.3 cm³/mol. The van der Waals surface area contributed by atoms with E-state index >= 15 is 0 Å². The third kappa shape index (κ3) is 3.14. The lowest BCUT2D eigenvalue weighted by molar-refractivity contribution is 0.567. The molecule has 1 saturated carbocycles. The van der Waals surface area contributed by atoms with Crippen molar-refractivity contribution in [3.63, 3.8) is 0 Å². The molecule has 1 fully saturated rings. The van der Waals surface area contributed by atoms with E-state index in [0.717, 1.165) is 23.8 Å². The number of hydrogen-bond acceptors (Lipinski definition) is 3. The minimum Gasteiger partial charge on any atom is -0.353 e. The fourth-order valence-corrected chi connectivity index (χ4v) is 2.31. The summed E-state index contributed by atoms with van der Waals surface area (Å²) in [6, 6.07) is 0.660. The highest BCUT2D eigenvalue weighted by atomic mass is 35.5. The van der Waals surface area contributed by atoms with Crippen molar-refractivity contribution in [3.8, 4) is 0 Å². The van der Waals surface area contributed by atoms with E-state index in [1.807, 2.05) is 13.8 Å². The molecular formula is C14H22ClN3. The summed E-state index contributed by atoms with van der Waals surface area (Å²) in [5.74, 6) is 2.51. The molecule has 1 aliphatic rings. The highest BCUT2D eigenvalue weighted by molar-refractivity contribution is 6.30. The predicted octanol–water partition coefficient (Wildman–Crippen LogP) is 3.76. The fraction of sp³-hybridized carbons (Fsp3) is 0.714. The van der Waals surface area contributed by atoms with Crippen LogP contribution in [0.5, 0.6) is 0 Å². The lowest BCUT2D eigenvalue weighted by Crippen LogP contribution is -2.29. The third-order valence-electron chi connectivity index (χ3n) is 3.38. The van der Waals surface area contributed by atoms with E-state index < -0.39 is 0 Å². The van der Waals surface area contributed by atoms with Gasteiger partial charge in [-0.1, -0.05) is 25.4 Å². The first kappa shape index (κ1) is 13.6. The number of hydrogen-bond donors (Lipinski definition) is 0. The molecule has 0 unspecified atom stereocenters. The number of halogens is 1. The van der Waals surface area contributed by atoms with Crippen molar-refractivity contribution in [2.45, 2.75) is 53.0 Å². The average Bonchev–Trinajstić information content (AvgIpc) is 3.08. The topological polar surface area (TPSA) is 29.0 Å². The van der Waals surface area contributed by atoms with Gasteiger partial charge in [0.25, 0.3) is 0 Å². The molecule has 0 atom stereocenters. The Bertz CT molecular complexity index is 427. The smallest absolute Gasteiger partial charge is 0.137 e. The Labute approximate surface area is 115 Å². The van der Waals surface area contributed by atoms with Crippen LogP contribution in [0.4, 0.5) is 5.82 Å². The minimum absolute atomic E-state index is 0.590. The molecule has 1 aromatic heterocycles. The maximum absolute atomic E-state index is 6.17. The summed E-state index contributed by atoms with van der Waals surface area (Å²) in [6.07, 6.45) is 3.74. The monoisotopic (exact) mass is 267 g/mol. The molecule has 0 amide bonds. The van der Waals surface area contributed by atoms with Gasteiger partial charge in [-0.2, -0.15) is 0 Å². The summed E-state index contributed by atoms with van der Waals surface area (Å²) < 4.78 is 0. The number of rotatable bonds is 5. The number of anilines is 1. The van der Waals surface area contributed by atoms with Crippen LogP contribution in [0, 0.1) is 19.8 Å². The first-order valence-corrected chi connectivity index (χ1v) is 7.14. The van der Waals surface area contributed by atoms with Gasteiger partial charge in [-0.05, 0) is 39.0 Å². The van der Waals surface area contributed by atoms with E-state index in [9.17, 15) is 0 Å². The van der Waals surface area contributed by atoms with Crippen molar-refractivity contribution in [2.24, 2.45) is 5.92 Å². The molecule has 18 heavy (non-hydrogen) atoms. The van der Waals surface area contributed by atoms with Crippen molar-refractivity contribution in [3.05, 3.63) is 16.5 Å². The molecule has 0 aliphatic heterocycles. The van der Waals surface area contributed by atoms with Crippen LogP contribution < -0.4 is 4.90 Å². The minimum atomic E-state index is 0.590. The molecule has 2 rings (SSSR count). The van der Waals surface area contributed by atoms with Gasteiger partial charge in [0, 0.05) is 18.2 Å². The standard InChI is InChI=1S/C14H22ClN3/c1-9(2)7-8-18(12-5-6-12)14-10(3)13(15)16-11(4)17-14/h9,12H,5-8H2,1-4H3. The summed E-state index contributed by atoms with van der Waals surface area (Å²) in [7, 11) is 0. The van der Waals surface area contributed by atoms with Crippen LogP contribution in [0.2, 0.25) is 5.15 Å². The van der Waals surface area contributed by atoms with E-state index in [4.69, 9.17) is 11.6 Å². The van der Waals surface area contributed by atoms with Crippen LogP contribution in [0.25, 0.3) is 0 Å². The SMILES string of the molecule is Cc1nc(Cl)c(C)c(N(CCC(C)C)C2CC2)n1. The third-order valence-corrected chi connectivity index (χ3v) is 3.75. The highest BCUT2D eigenvalue weighted by Gasteiger charge is 2.31. The lowest BCUT2D eigenvalue weighted by atomic mass is 10.1. The Morgan fingerprint density at radius 2 is 1.94 bits per heavy atom. The van der Waals surface area contributed by atoms with Crippen molar-refractivity contribution in [2.75, 3.05) is 11.4 Å². The molecular weight excluding hydrogens is 246 g/mol. The molecule has 1 aliphatic carbocycles. The maximum Gasteiger partial charge on any atom is 0.137 e. The Hall–Kier alpha value is -0.830. The van der Waals surface area contributed by atoms with Crippen molar-refractivity contribution in [1.82, 2.24) is 9.97 Å². The van der Waals surface area contributed by atoms with Crippen LogP contribution in [0.1, 0.15) is 44.5 Å². The van der Waals surface area contributed by atoms with E-state index in [1.54, 1.807) is 0 Å². The zero-order chi connectivity index (χ0) is 13.3. The molecule has 100 valence electrons. The van der Waals surface area contributed by atoms with Gasteiger partial charge in [0.15, 0.2) is 0 Å². The first-order valence-electron chi connectivity index (χ1n) is 6.76. The second-order valence-corrected chi connectivity index (χ2v) is 5.98. The Morgan fingerprint density at radius 1 is 1.28 bits per heavy atom. The van der Waals surface area contributed by atoms with Crippen LogP contribution in [0.3, 0.4) is 0 Å². The molecule has 3 nitrogen and oxygen atoms in total. The summed E-state index contributed by atoms with van der Waals surface area (Å²) in [5.41, 5.74) is 1.01. The van der Waals surface area contributed by atoms with Crippen LogP contribution in [-0.2, 0) is 0 Å². The van der Waals surface area contributed by atoms with Crippen molar-refractivity contribution < 1.29 is 0 Å². The highest BCUT2D eigenvalue weighted by Crippen LogP contribution is 2.34. The molecule has 0 aromatic carbocycles. The average molecular weight is 268 g/mol. The molecule has 1 heterocycles. The Morgan fingerprint density at radius 3 is 2.50 bits per heavy atom. The van der Waals surface area contributed by atoms with Gasteiger partial charge >= 0.3 is 0 Å². The normalized spacial score (nSPS) is 15.2. The van der Waals surface area contributed by atoms with Gasteiger partial charge in [-0.25, -0.2) is 9.97 Å². The summed E-state index contributed by atoms with van der Waals surface area (Å²) in [5, 5.41) is 0.590. The summed E-state index contributed by atoms with van der Waals surface area (Å²) in [6.45, 7) is 9.51. The lowest BCUT2D eigenvalue weighted by Gasteiger charge is -2.26. The molecule has 0 radical (unpaired) electrons. The van der Waals surface area contributed by atoms with Gasteiger partial charge in [-0.3, -0.25) is 0 Å². The Balaban J connectivity index is 2.24. The molecule has 4 heteroatoms. The quantitative estimate of drug-likeness (QED) is 0.761. The van der Waals surface area contributed by atoms with E-state index in [-0.39, 0.29) is 0 Å². The number of nitrogens with zero attached hydrogens (tertiary/aromatic N) is 3. The molecule has 0 bridgehead atoms. The van der Waals surface area contributed by atoms with Gasteiger partial charge in [-0.15, -0.1) is 0 Å². The maximum atomic E-state index is 6.17. The molecule has 1 aromatic rings. The van der Waals surface area contributed by atoms with Crippen molar-refractivity contribution in [1.29, 1.82) is 0 Å². The zero-order valence-electron chi connectivity index (χ0n) is 11.7. The molecule has 0 N–H and O–H groups in total. The summed E-state index contributed by atoms with van der Waals surface area (Å²) in [4.78, 5) is 11.2. The van der Waals surface area contributed by atoms with E-state index in [0.29, 0.717) is 17.1 Å². The van der Waals surface area contributed by atoms with Crippen LogP contribution in [-0.4, -0.2) is 22.6 Å². The summed E-state index contributed by atoms with van der Waals surface area (Å²) >= 11 is 6.17. The first-order chi connectivity index (χ1) is 8.49. The number of aryl methyl sites for hydroxylation is 1. The second-order valence-electron chi connectivity index (χ2n) is 5.62. The largest absolute Gasteiger partial charge is 0.353 e. The second kappa shape index (κ2) is 5.43. The fourth-order valence-electron chi connectivity index (χ4n) is 2.10. The van der Waals surface area contributed by atoms with Gasteiger partial charge in [0.1, 0.15) is 16.8 Å². The number of aromatic nitrogens is 2.